The summed E-state index contributed by atoms with van der Waals surface area (Å²) in [6.07, 6.45) is 5.77. The number of aromatic nitrogens is 2. The molecule has 3 aromatic rings. The Morgan fingerprint density at radius 3 is 2.52 bits per heavy atom. The second-order valence-corrected chi connectivity index (χ2v) is 7.27. The summed E-state index contributed by atoms with van der Waals surface area (Å²) < 4.78 is 0. The molecule has 3 heterocycles. The first kappa shape index (κ1) is 17.9. The zero-order chi connectivity index (χ0) is 18.8. The third-order valence-electron chi connectivity index (χ3n) is 5.77. The quantitative estimate of drug-likeness (QED) is 0.773. The van der Waals surface area contributed by atoms with Crippen LogP contribution in [0.1, 0.15) is 29.8 Å². The Morgan fingerprint density at radius 1 is 1.07 bits per heavy atom. The summed E-state index contributed by atoms with van der Waals surface area (Å²) in [5, 5.41) is 2.48. The molecule has 140 valence electrons. The van der Waals surface area contributed by atoms with Crippen LogP contribution in [-0.2, 0) is 6.54 Å². The van der Waals surface area contributed by atoms with Crippen molar-refractivity contribution in [3.8, 4) is 0 Å². The van der Waals surface area contributed by atoms with Gasteiger partial charge in [0.25, 0.3) is 0 Å². The van der Waals surface area contributed by atoms with Crippen LogP contribution < -0.4 is 10.6 Å². The Morgan fingerprint density at radius 2 is 1.81 bits per heavy atom. The van der Waals surface area contributed by atoms with E-state index >= 15 is 0 Å². The molecule has 0 aliphatic carbocycles. The molecule has 1 unspecified atom stereocenters. The molecular formula is C22H27N5. The van der Waals surface area contributed by atoms with Crippen LogP contribution in [0.4, 0.5) is 5.69 Å². The standard InChI is InChI=1S/C22H27N5/c1-16-4-3-5-19-20(14-23)25-15-21(22(16)19)27-12-10-26(11-13-27)17(2)18-6-8-24-9-7-18/h3-9,15,17H,10-14,23H2,1-2H3. The number of rotatable bonds is 4. The van der Waals surface area contributed by atoms with Crippen molar-refractivity contribution in [1.29, 1.82) is 0 Å². The number of pyridine rings is 2. The van der Waals surface area contributed by atoms with Crippen LogP contribution in [0.5, 0.6) is 0 Å². The van der Waals surface area contributed by atoms with Crippen molar-refractivity contribution in [2.75, 3.05) is 31.1 Å². The summed E-state index contributed by atoms with van der Waals surface area (Å²) in [6.45, 7) is 9.00. The van der Waals surface area contributed by atoms with Crippen molar-refractivity contribution in [3.05, 3.63) is 65.7 Å². The van der Waals surface area contributed by atoms with Gasteiger partial charge in [-0.05, 0) is 37.1 Å². The molecule has 1 atom stereocenters. The second-order valence-electron chi connectivity index (χ2n) is 7.27. The Bertz CT molecular complexity index is 917. The summed E-state index contributed by atoms with van der Waals surface area (Å²) in [5.41, 5.74) is 10.7. The number of anilines is 1. The Balaban J connectivity index is 1.57. The molecule has 1 aliphatic rings. The number of nitrogens with zero attached hydrogens (tertiary/aromatic N) is 4. The fraction of sp³-hybridized carbons (Fsp3) is 0.364. The van der Waals surface area contributed by atoms with Gasteiger partial charge in [-0.1, -0.05) is 18.2 Å². The molecule has 0 radical (unpaired) electrons. The zero-order valence-electron chi connectivity index (χ0n) is 16.1. The van der Waals surface area contributed by atoms with Gasteiger partial charge < -0.3 is 10.6 Å². The number of nitrogens with two attached hydrogens (primary N) is 1. The molecule has 1 aromatic carbocycles. The van der Waals surface area contributed by atoms with Gasteiger partial charge in [-0.25, -0.2) is 0 Å². The number of piperazine rings is 1. The largest absolute Gasteiger partial charge is 0.367 e. The van der Waals surface area contributed by atoms with Gasteiger partial charge in [-0.3, -0.25) is 14.9 Å². The Labute approximate surface area is 160 Å². The van der Waals surface area contributed by atoms with E-state index in [4.69, 9.17) is 5.73 Å². The van der Waals surface area contributed by atoms with E-state index in [9.17, 15) is 0 Å². The molecule has 0 bridgehead atoms. The highest BCUT2D eigenvalue weighted by molar-refractivity contribution is 5.97. The first-order valence-corrected chi connectivity index (χ1v) is 9.65. The van der Waals surface area contributed by atoms with Gasteiger partial charge in [0, 0.05) is 61.9 Å². The molecule has 0 amide bonds. The van der Waals surface area contributed by atoms with Gasteiger partial charge in [0.05, 0.1) is 17.6 Å². The van der Waals surface area contributed by atoms with Crippen LogP contribution in [0.3, 0.4) is 0 Å². The van der Waals surface area contributed by atoms with E-state index in [1.807, 2.05) is 18.6 Å². The van der Waals surface area contributed by atoms with Crippen molar-refractivity contribution in [2.45, 2.75) is 26.4 Å². The minimum Gasteiger partial charge on any atom is -0.367 e. The molecule has 5 nitrogen and oxygen atoms in total. The van der Waals surface area contributed by atoms with E-state index in [-0.39, 0.29) is 0 Å². The highest BCUT2D eigenvalue weighted by Crippen LogP contribution is 2.32. The molecule has 2 N–H and O–H groups in total. The number of hydrogen-bond acceptors (Lipinski definition) is 5. The summed E-state index contributed by atoms with van der Waals surface area (Å²) in [7, 11) is 0. The third-order valence-corrected chi connectivity index (χ3v) is 5.77. The van der Waals surface area contributed by atoms with Crippen molar-refractivity contribution in [3.63, 3.8) is 0 Å². The van der Waals surface area contributed by atoms with Gasteiger partial charge in [0.15, 0.2) is 0 Å². The van der Waals surface area contributed by atoms with E-state index in [0.717, 1.165) is 31.9 Å². The number of hydrogen-bond donors (Lipinski definition) is 1. The molecule has 27 heavy (non-hydrogen) atoms. The van der Waals surface area contributed by atoms with E-state index in [2.05, 4.69) is 63.9 Å². The first-order valence-electron chi connectivity index (χ1n) is 9.65. The number of benzene rings is 1. The van der Waals surface area contributed by atoms with Crippen LogP contribution >= 0.6 is 0 Å². The average Bonchev–Trinajstić information content (AvgIpc) is 2.73. The minimum atomic E-state index is 0.409. The van der Waals surface area contributed by atoms with Crippen LogP contribution in [0.15, 0.2) is 48.9 Å². The van der Waals surface area contributed by atoms with Gasteiger partial charge in [-0.2, -0.15) is 0 Å². The molecule has 4 rings (SSSR count). The van der Waals surface area contributed by atoms with Crippen molar-refractivity contribution >= 4 is 16.5 Å². The maximum Gasteiger partial charge on any atom is 0.0636 e. The summed E-state index contributed by atoms with van der Waals surface area (Å²) in [6, 6.07) is 11.0. The molecule has 0 spiro atoms. The zero-order valence-corrected chi connectivity index (χ0v) is 16.1. The molecule has 0 saturated carbocycles. The average molecular weight is 361 g/mol. The minimum absolute atomic E-state index is 0.409. The molecule has 1 fully saturated rings. The highest BCUT2D eigenvalue weighted by atomic mass is 15.3. The van der Waals surface area contributed by atoms with E-state index in [1.165, 1.54) is 27.6 Å². The lowest BCUT2D eigenvalue weighted by atomic mass is 10.0. The van der Waals surface area contributed by atoms with Gasteiger partial charge in [-0.15, -0.1) is 0 Å². The van der Waals surface area contributed by atoms with Crippen LogP contribution in [0.2, 0.25) is 0 Å². The van der Waals surface area contributed by atoms with Crippen LogP contribution in [-0.4, -0.2) is 41.0 Å². The number of fused-ring (bicyclic) bond motifs is 1. The highest BCUT2D eigenvalue weighted by Gasteiger charge is 2.24. The van der Waals surface area contributed by atoms with Gasteiger partial charge in [0.2, 0.25) is 0 Å². The molecule has 1 saturated heterocycles. The topological polar surface area (TPSA) is 58.3 Å². The molecular weight excluding hydrogens is 334 g/mol. The summed E-state index contributed by atoms with van der Waals surface area (Å²) in [4.78, 5) is 13.8. The smallest absolute Gasteiger partial charge is 0.0636 e. The van der Waals surface area contributed by atoms with Crippen LogP contribution in [0.25, 0.3) is 10.8 Å². The Kier molecular flexibility index (Phi) is 5.05. The summed E-state index contributed by atoms with van der Waals surface area (Å²) in [5.74, 6) is 0. The lowest BCUT2D eigenvalue weighted by Crippen LogP contribution is -2.47. The fourth-order valence-electron chi connectivity index (χ4n) is 4.13. The predicted octanol–water partition coefficient (Wildman–Crippen LogP) is 3.28. The lowest BCUT2D eigenvalue weighted by molar-refractivity contribution is 0.198. The van der Waals surface area contributed by atoms with E-state index in [0.29, 0.717) is 12.6 Å². The van der Waals surface area contributed by atoms with E-state index in [1.54, 1.807) is 0 Å². The predicted molar refractivity (Wildman–Crippen MR) is 111 cm³/mol. The third kappa shape index (κ3) is 3.40. The fourth-order valence-corrected chi connectivity index (χ4v) is 4.13. The summed E-state index contributed by atoms with van der Waals surface area (Å²) >= 11 is 0. The second kappa shape index (κ2) is 7.62. The van der Waals surface area contributed by atoms with Gasteiger partial charge in [0.1, 0.15) is 0 Å². The van der Waals surface area contributed by atoms with Crippen molar-refractivity contribution in [1.82, 2.24) is 14.9 Å². The molecule has 1 aliphatic heterocycles. The van der Waals surface area contributed by atoms with E-state index < -0.39 is 0 Å². The van der Waals surface area contributed by atoms with Gasteiger partial charge >= 0.3 is 0 Å². The van der Waals surface area contributed by atoms with Crippen LogP contribution in [0, 0.1) is 6.92 Å². The lowest BCUT2D eigenvalue weighted by Gasteiger charge is -2.39. The van der Waals surface area contributed by atoms with Crippen molar-refractivity contribution in [2.24, 2.45) is 5.73 Å². The normalized spacial score (nSPS) is 16.6. The first-order chi connectivity index (χ1) is 13.2. The molecule has 2 aromatic heterocycles. The Hall–Kier alpha value is -2.50. The van der Waals surface area contributed by atoms with Crippen molar-refractivity contribution < 1.29 is 0 Å². The monoisotopic (exact) mass is 361 g/mol. The maximum absolute atomic E-state index is 5.91. The number of aryl methyl sites for hydroxylation is 1. The SMILES string of the molecule is Cc1cccc2c(CN)ncc(N3CCN(C(C)c4ccncc4)CC3)c12. The maximum atomic E-state index is 5.91. The molecule has 5 heteroatoms.